The van der Waals surface area contributed by atoms with Crippen LogP contribution in [0.1, 0.15) is 34.5 Å². The Balaban J connectivity index is 1.22. The van der Waals surface area contributed by atoms with E-state index in [-0.39, 0.29) is 29.9 Å². The molecule has 11 heteroatoms. The van der Waals surface area contributed by atoms with Gasteiger partial charge in [-0.3, -0.25) is 14.5 Å². The SMILES string of the molecule is Cc1cc(Oc2ccccc2)ccc1N1C(=O)Nc2c(C(=O)NC3CC[C@H](NC(=O)CN(C)C)C3)sc3nccc1c23. The van der Waals surface area contributed by atoms with E-state index in [1.807, 2.05) is 74.4 Å². The van der Waals surface area contributed by atoms with Crippen molar-refractivity contribution >= 4 is 56.5 Å². The smallest absolute Gasteiger partial charge is 0.331 e. The molecule has 2 atom stereocenters. The quantitative estimate of drug-likeness (QED) is 0.255. The number of ether oxygens (including phenoxy) is 1. The predicted octanol–water partition coefficient (Wildman–Crippen LogP) is 5.41. The number of hydrogen-bond donors (Lipinski definition) is 3. The first-order chi connectivity index (χ1) is 20.3. The summed E-state index contributed by atoms with van der Waals surface area (Å²) in [6, 6.07) is 16.5. The first kappa shape index (κ1) is 27.7. The number of carbonyl (C=O) groups is 3. The fourth-order valence-corrected chi connectivity index (χ4v) is 6.63. The summed E-state index contributed by atoms with van der Waals surface area (Å²) in [7, 11) is 3.71. The lowest BCUT2D eigenvalue weighted by Gasteiger charge is -2.29. The van der Waals surface area contributed by atoms with E-state index in [9.17, 15) is 14.4 Å². The van der Waals surface area contributed by atoms with Crippen LogP contribution >= 0.6 is 11.3 Å². The highest BCUT2D eigenvalue weighted by Crippen LogP contribution is 2.46. The Kier molecular flexibility index (Phi) is 7.53. The van der Waals surface area contributed by atoms with Crippen molar-refractivity contribution in [3.63, 3.8) is 0 Å². The number of urea groups is 1. The summed E-state index contributed by atoms with van der Waals surface area (Å²) in [5.41, 5.74) is 2.70. The standard InChI is InChI=1S/C31H32N6O4S/c1-18-15-22(41-21-7-5-4-6-8-21)11-12-23(18)37-24-13-14-32-30-26(24)27(35-31(37)40)28(42-30)29(39)34-20-10-9-19(16-20)33-25(38)17-36(2)3/h4-8,11-15,19-20H,9-10,16-17H2,1-3H3,(H,33,38)(H,34,39)(H,35,40)/t19-,20?/m0/s1. The van der Waals surface area contributed by atoms with Gasteiger partial charge in [-0.2, -0.15) is 0 Å². The number of benzene rings is 2. The third kappa shape index (κ3) is 5.53. The van der Waals surface area contributed by atoms with Gasteiger partial charge in [0, 0.05) is 18.3 Å². The van der Waals surface area contributed by atoms with Crippen LogP contribution in [0, 0.1) is 6.92 Å². The summed E-state index contributed by atoms with van der Waals surface area (Å²) in [6.45, 7) is 2.26. The molecule has 0 radical (unpaired) electrons. The average Bonchev–Trinajstić information content (AvgIpc) is 3.54. The monoisotopic (exact) mass is 584 g/mol. The predicted molar refractivity (Wildman–Crippen MR) is 164 cm³/mol. The maximum Gasteiger partial charge on any atom is 0.331 e. The van der Waals surface area contributed by atoms with Crippen LogP contribution in [0.15, 0.2) is 60.8 Å². The summed E-state index contributed by atoms with van der Waals surface area (Å²) < 4.78 is 5.97. The van der Waals surface area contributed by atoms with Crippen molar-refractivity contribution in [1.29, 1.82) is 0 Å². The minimum Gasteiger partial charge on any atom is -0.457 e. The number of nitrogens with zero attached hydrogens (tertiary/aromatic N) is 3. The molecule has 1 aliphatic carbocycles. The fourth-order valence-electron chi connectivity index (χ4n) is 5.61. The number of aromatic nitrogens is 1. The minimum absolute atomic E-state index is 0.0228. The maximum atomic E-state index is 13.6. The Morgan fingerprint density at radius 1 is 1.05 bits per heavy atom. The highest BCUT2D eigenvalue weighted by Gasteiger charge is 2.34. The zero-order chi connectivity index (χ0) is 29.4. The molecule has 0 saturated heterocycles. The number of likely N-dealkylation sites (N-methyl/N-ethyl adjacent to an activating group) is 1. The number of hydrogen-bond acceptors (Lipinski definition) is 7. The maximum absolute atomic E-state index is 13.6. The molecule has 2 aromatic carbocycles. The van der Waals surface area contributed by atoms with E-state index in [0.29, 0.717) is 45.5 Å². The number of carbonyl (C=O) groups excluding carboxylic acids is 3. The second-order valence-electron chi connectivity index (χ2n) is 10.9. The number of nitrogens with one attached hydrogen (secondary N) is 3. The van der Waals surface area contributed by atoms with Crippen molar-refractivity contribution in [2.45, 2.75) is 38.3 Å². The zero-order valence-electron chi connectivity index (χ0n) is 23.6. The van der Waals surface area contributed by atoms with Crippen molar-refractivity contribution in [3.05, 3.63) is 71.2 Å². The van der Waals surface area contributed by atoms with Gasteiger partial charge < -0.3 is 25.6 Å². The van der Waals surface area contributed by atoms with Crippen LogP contribution in [-0.2, 0) is 4.79 Å². The topological polar surface area (TPSA) is 116 Å². The van der Waals surface area contributed by atoms with Crippen molar-refractivity contribution < 1.29 is 19.1 Å². The van der Waals surface area contributed by atoms with E-state index in [1.54, 1.807) is 17.2 Å². The van der Waals surface area contributed by atoms with Gasteiger partial charge in [0.25, 0.3) is 5.91 Å². The van der Waals surface area contributed by atoms with E-state index in [4.69, 9.17) is 4.74 Å². The van der Waals surface area contributed by atoms with Gasteiger partial charge >= 0.3 is 6.03 Å². The minimum atomic E-state index is -0.355. The Morgan fingerprint density at radius 2 is 1.81 bits per heavy atom. The van der Waals surface area contributed by atoms with Crippen LogP contribution in [0.25, 0.3) is 10.2 Å². The number of rotatable bonds is 8. The van der Waals surface area contributed by atoms with E-state index in [1.165, 1.54) is 11.3 Å². The molecule has 1 unspecified atom stereocenters. The lowest BCUT2D eigenvalue weighted by Crippen LogP contribution is -2.40. The molecule has 4 amide bonds. The summed E-state index contributed by atoms with van der Waals surface area (Å²) in [4.78, 5) is 48.2. The Morgan fingerprint density at radius 3 is 2.55 bits per heavy atom. The van der Waals surface area contributed by atoms with Gasteiger partial charge in [0.05, 0.1) is 29.0 Å². The van der Waals surface area contributed by atoms with Crippen LogP contribution < -0.4 is 25.6 Å². The van der Waals surface area contributed by atoms with Crippen molar-refractivity contribution in [3.8, 4) is 11.5 Å². The van der Waals surface area contributed by atoms with Crippen LogP contribution in [-0.4, -0.2) is 60.5 Å². The molecule has 10 nitrogen and oxygen atoms in total. The molecular formula is C31H32N6O4S. The Labute approximate surface area is 247 Å². The first-order valence-corrected chi connectivity index (χ1v) is 14.7. The molecule has 3 N–H and O–H groups in total. The van der Waals surface area contributed by atoms with Crippen LogP contribution in [0.4, 0.5) is 21.9 Å². The zero-order valence-corrected chi connectivity index (χ0v) is 24.5. The van der Waals surface area contributed by atoms with Gasteiger partial charge in [-0.05, 0) is 82.2 Å². The highest BCUT2D eigenvalue weighted by atomic mass is 32.1. The molecule has 1 fully saturated rings. The average molecular weight is 585 g/mol. The normalized spacial score (nSPS) is 17.8. The molecule has 216 valence electrons. The molecule has 3 heterocycles. The van der Waals surface area contributed by atoms with E-state index in [2.05, 4.69) is 20.9 Å². The Bertz CT molecular complexity index is 1670. The summed E-state index contributed by atoms with van der Waals surface area (Å²) in [6.07, 6.45) is 3.89. The number of aryl methyl sites for hydroxylation is 1. The van der Waals surface area contributed by atoms with Gasteiger partial charge in [0.1, 0.15) is 21.2 Å². The van der Waals surface area contributed by atoms with Gasteiger partial charge in [-0.15, -0.1) is 11.3 Å². The Hall–Kier alpha value is -4.48. The van der Waals surface area contributed by atoms with Gasteiger partial charge in [-0.25, -0.2) is 9.78 Å². The number of amides is 4. The first-order valence-electron chi connectivity index (χ1n) is 13.9. The van der Waals surface area contributed by atoms with Gasteiger partial charge in [0.2, 0.25) is 5.91 Å². The molecule has 42 heavy (non-hydrogen) atoms. The third-order valence-corrected chi connectivity index (χ3v) is 8.53. The highest BCUT2D eigenvalue weighted by molar-refractivity contribution is 7.21. The van der Waals surface area contributed by atoms with Crippen molar-refractivity contribution in [1.82, 2.24) is 20.5 Å². The van der Waals surface area contributed by atoms with Crippen LogP contribution in [0.3, 0.4) is 0 Å². The van der Waals surface area contributed by atoms with E-state index in [0.717, 1.165) is 29.5 Å². The molecule has 0 bridgehead atoms. The number of para-hydroxylation sites is 1. The van der Waals surface area contributed by atoms with E-state index >= 15 is 0 Å². The van der Waals surface area contributed by atoms with Crippen molar-refractivity contribution in [2.75, 3.05) is 30.9 Å². The molecule has 1 saturated carbocycles. The fraction of sp³-hybridized carbons (Fsp3) is 0.290. The lowest BCUT2D eigenvalue weighted by atomic mass is 10.1. The second-order valence-corrected chi connectivity index (χ2v) is 11.9. The number of thiophene rings is 1. The molecule has 6 rings (SSSR count). The molecule has 2 aliphatic rings. The van der Waals surface area contributed by atoms with Crippen LogP contribution in [0.5, 0.6) is 11.5 Å². The van der Waals surface area contributed by atoms with Crippen LogP contribution in [0.2, 0.25) is 0 Å². The number of pyridine rings is 1. The van der Waals surface area contributed by atoms with Gasteiger partial charge in [-0.1, -0.05) is 18.2 Å². The molecular weight excluding hydrogens is 552 g/mol. The molecule has 1 aliphatic heterocycles. The summed E-state index contributed by atoms with van der Waals surface area (Å²) >= 11 is 1.26. The molecule has 4 aromatic rings. The summed E-state index contributed by atoms with van der Waals surface area (Å²) in [5, 5.41) is 9.86. The van der Waals surface area contributed by atoms with Gasteiger partial charge in [0.15, 0.2) is 0 Å². The second kappa shape index (κ2) is 11.4. The molecule has 2 aromatic heterocycles. The van der Waals surface area contributed by atoms with E-state index < -0.39 is 0 Å². The lowest BCUT2D eigenvalue weighted by molar-refractivity contribution is -0.122. The number of anilines is 3. The molecule has 0 spiro atoms. The summed E-state index contributed by atoms with van der Waals surface area (Å²) in [5.74, 6) is 1.12. The third-order valence-electron chi connectivity index (χ3n) is 7.43. The largest absolute Gasteiger partial charge is 0.457 e. The van der Waals surface area contributed by atoms with Crippen molar-refractivity contribution in [2.24, 2.45) is 0 Å².